The van der Waals surface area contributed by atoms with Gasteiger partial charge in [0.1, 0.15) is 5.75 Å². The first-order chi connectivity index (χ1) is 15.6. The van der Waals surface area contributed by atoms with Crippen LogP contribution in [-0.2, 0) is 11.2 Å². The summed E-state index contributed by atoms with van der Waals surface area (Å²) in [5.74, 6) is 1.19. The number of carbonyl (C=O) groups excluding carboxylic acids is 1. The number of pyridine rings is 1. The second-order valence-corrected chi connectivity index (χ2v) is 8.98. The number of hydrogen-bond donors (Lipinski definition) is 1. The molecule has 5 rings (SSSR count). The number of imidazole rings is 1. The first-order valence-electron chi connectivity index (χ1n) is 10.7. The van der Waals surface area contributed by atoms with E-state index in [1.54, 1.807) is 18.4 Å². The van der Waals surface area contributed by atoms with Gasteiger partial charge in [-0.3, -0.25) is 14.2 Å². The zero-order valence-electron chi connectivity index (χ0n) is 18.1. The molecule has 0 spiro atoms. The largest absolute Gasteiger partial charge is 0.497 e. The molecule has 1 fully saturated rings. The Morgan fingerprint density at radius 2 is 2.06 bits per heavy atom. The summed E-state index contributed by atoms with van der Waals surface area (Å²) < 4.78 is 7.19. The second-order valence-electron chi connectivity index (χ2n) is 8.10. The van der Waals surface area contributed by atoms with Crippen molar-refractivity contribution in [1.82, 2.24) is 19.3 Å². The van der Waals surface area contributed by atoms with Crippen LogP contribution < -0.4 is 10.1 Å². The van der Waals surface area contributed by atoms with Crippen LogP contribution in [0.1, 0.15) is 29.4 Å². The van der Waals surface area contributed by atoms with Crippen molar-refractivity contribution in [2.24, 2.45) is 0 Å². The molecule has 7 nitrogen and oxygen atoms in total. The fraction of sp³-hybridized carbons (Fsp3) is 0.292. The average molecular weight is 448 g/mol. The van der Waals surface area contributed by atoms with Gasteiger partial charge in [-0.05, 0) is 49.7 Å². The fourth-order valence-corrected chi connectivity index (χ4v) is 4.89. The highest BCUT2D eigenvalue weighted by Crippen LogP contribution is 2.30. The van der Waals surface area contributed by atoms with Gasteiger partial charge in [0.2, 0.25) is 5.91 Å². The van der Waals surface area contributed by atoms with Crippen molar-refractivity contribution in [1.29, 1.82) is 0 Å². The minimum absolute atomic E-state index is 0.127. The molecule has 4 aromatic rings. The van der Waals surface area contributed by atoms with E-state index in [9.17, 15) is 4.79 Å². The van der Waals surface area contributed by atoms with Crippen molar-refractivity contribution in [3.8, 4) is 5.75 Å². The number of benzene rings is 1. The first-order valence-corrected chi connectivity index (χ1v) is 11.5. The SMILES string of the molecule is COc1ccc(Nc2cc(C)nc([C@@H]3CCN(C(=O)Cc4cn5ccsc5n4)C3)c2)cc1. The molecule has 0 saturated carbocycles. The molecule has 1 aliphatic heterocycles. The number of likely N-dealkylation sites (tertiary alicyclic amines) is 1. The summed E-state index contributed by atoms with van der Waals surface area (Å²) in [6.07, 6.45) is 5.17. The number of nitrogens with one attached hydrogen (secondary N) is 1. The summed E-state index contributed by atoms with van der Waals surface area (Å²) in [5.41, 5.74) is 4.80. The van der Waals surface area contributed by atoms with Crippen molar-refractivity contribution in [2.75, 3.05) is 25.5 Å². The number of rotatable bonds is 6. The summed E-state index contributed by atoms with van der Waals surface area (Å²) in [7, 11) is 1.66. The molecule has 8 heteroatoms. The van der Waals surface area contributed by atoms with Gasteiger partial charge in [0, 0.05) is 59.5 Å². The van der Waals surface area contributed by atoms with Gasteiger partial charge in [0.15, 0.2) is 4.96 Å². The van der Waals surface area contributed by atoms with Crippen LogP contribution in [-0.4, -0.2) is 45.4 Å². The van der Waals surface area contributed by atoms with Gasteiger partial charge >= 0.3 is 0 Å². The Labute approximate surface area is 190 Å². The van der Waals surface area contributed by atoms with E-state index in [1.807, 2.05) is 64.3 Å². The average Bonchev–Trinajstić information content (AvgIpc) is 3.50. The van der Waals surface area contributed by atoms with Gasteiger partial charge < -0.3 is 15.0 Å². The molecule has 0 bridgehead atoms. The van der Waals surface area contributed by atoms with E-state index >= 15 is 0 Å². The minimum Gasteiger partial charge on any atom is -0.497 e. The fourth-order valence-electron chi connectivity index (χ4n) is 4.17. The van der Waals surface area contributed by atoms with Crippen LogP contribution in [0.3, 0.4) is 0 Å². The van der Waals surface area contributed by atoms with Crippen molar-refractivity contribution in [3.63, 3.8) is 0 Å². The van der Waals surface area contributed by atoms with E-state index in [2.05, 4.69) is 16.4 Å². The normalized spacial score (nSPS) is 15.9. The minimum atomic E-state index is 0.127. The van der Waals surface area contributed by atoms with E-state index in [1.165, 1.54) is 0 Å². The van der Waals surface area contributed by atoms with Crippen LogP contribution in [0.5, 0.6) is 5.75 Å². The maximum atomic E-state index is 12.9. The summed E-state index contributed by atoms with van der Waals surface area (Å²) >= 11 is 1.58. The zero-order valence-corrected chi connectivity index (χ0v) is 18.9. The number of nitrogens with zero attached hydrogens (tertiary/aromatic N) is 4. The van der Waals surface area contributed by atoms with E-state index in [4.69, 9.17) is 9.72 Å². The van der Waals surface area contributed by atoms with Crippen LogP contribution in [0.2, 0.25) is 0 Å². The molecule has 0 radical (unpaired) electrons. The Morgan fingerprint density at radius 3 is 2.84 bits per heavy atom. The van der Waals surface area contributed by atoms with Gasteiger partial charge in [0.25, 0.3) is 0 Å². The molecule has 1 N–H and O–H groups in total. The summed E-state index contributed by atoms with van der Waals surface area (Å²) in [6, 6.07) is 12.0. The number of amides is 1. The smallest absolute Gasteiger partial charge is 0.228 e. The number of carbonyl (C=O) groups is 1. The van der Waals surface area contributed by atoms with Crippen molar-refractivity contribution < 1.29 is 9.53 Å². The molecule has 1 aromatic carbocycles. The van der Waals surface area contributed by atoms with Crippen LogP contribution >= 0.6 is 11.3 Å². The highest BCUT2D eigenvalue weighted by molar-refractivity contribution is 7.15. The number of methoxy groups -OCH3 is 1. The third-order valence-corrected chi connectivity index (χ3v) is 6.56. The molecule has 32 heavy (non-hydrogen) atoms. The van der Waals surface area contributed by atoms with E-state index in [0.29, 0.717) is 13.0 Å². The molecule has 164 valence electrons. The van der Waals surface area contributed by atoms with Crippen LogP contribution in [0.25, 0.3) is 4.96 Å². The van der Waals surface area contributed by atoms with Crippen molar-refractivity contribution in [2.45, 2.75) is 25.7 Å². The summed E-state index contributed by atoms with van der Waals surface area (Å²) in [5, 5.41) is 5.44. The summed E-state index contributed by atoms with van der Waals surface area (Å²) in [6.45, 7) is 3.45. The molecule has 3 aromatic heterocycles. The number of hydrogen-bond acceptors (Lipinski definition) is 6. The quantitative estimate of drug-likeness (QED) is 0.474. The molecular weight excluding hydrogens is 422 g/mol. The Kier molecular flexibility index (Phi) is 5.53. The second kappa shape index (κ2) is 8.63. The standard InChI is InChI=1S/C24H25N5O2S/c1-16-11-19(26-18-3-5-21(31-2)6-4-18)12-22(25-16)17-7-8-28(14-17)23(30)13-20-15-29-9-10-32-24(29)27-20/h3-6,9-12,15,17H,7-8,13-14H2,1-2H3,(H,25,26)/t17-/m1/s1. The third kappa shape index (κ3) is 4.31. The molecule has 0 aliphatic carbocycles. The number of ether oxygens (including phenoxy) is 1. The highest BCUT2D eigenvalue weighted by Gasteiger charge is 2.29. The van der Waals surface area contributed by atoms with Crippen LogP contribution in [0, 0.1) is 6.92 Å². The van der Waals surface area contributed by atoms with Crippen LogP contribution in [0.4, 0.5) is 11.4 Å². The van der Waals surface area contributed by atoms with Gasteiger partial charge in [0.05, 0.1) is 19.2 Å². The van der Waals surface area contributed by atoms with Gasteiger partial charge in [-0.1, -0.05) is 0 Å². The number of aryl methyl sites for hydroxylation is 1. The topological polar surface area (TPSA) is 71.8 Å². The molecule has 4 heterocycles. The van der Waals surface area contributed by atoms with Crippen molar-refractivity contribution >= 4 is 33.6 Å². The predicted molar refractivity (Wildman–Crippen MR) is 126 cm³/mol. The maximum Gasteiger partial charge on any atom is 0.228 e. The molecule has 1 aliphatic rings. The van der Waals surface area contributed by atoms with E-state index in [-0.39, 0.29) is 11.8 Å². The Balaban J connectivity index is 1.25. The summed E-state index contributed by atoms with van der Waals surface area (Å²) in [4.78, 5) is 25.0. The molecule has 1 atom stereocenters. The highest BCUT2D eigenvalue weighted by atomic mass is 32.1. The van der Waals surface area contributed by atoms with E-state index in [0.717, 1.165) is 52.1 Å². The molecule has 1 amide bonds. The van der Waals surface area contributed by atoms with Gasteiger partial charge in [-0.15, -0.1) is 11.3 Å². The molecular formula is C24H25N5O2S. The predicted octanol–water partition coefficient (Wildman–Crippen LogP) is 4.41. The lowest BCUT2D eigenvalue weighted by atomic mass is 10.0. The van der Waals surface area contributed by atoms with E-state index < -0.39 is 0 Å². The Morgan fingerprint density at radius 1 is 1.22 bits per heavy atom. The Hall–Kier alpha value is -3.39. The Bertz CT molecular complexity index is 1220. The number of fused-ring (bicyclic) bond motifs is 1. The number of aromatic nitrogens is 3. The lowest BCUT2D eigenvalue weighted by Gasteiger charge is -2.17. The monoisotopic (exact) mass is 447 g/mol. The van der Waals surface area contributed by atoms with Crippen molar-refractivity contribution in [3.05, 3.63) is 71.3 Å². The maximum absolute atomic E-state index is 12.9. The first kappa shape index (κ1) is 20.5. The lowest BCUT2D eigenvalue weighted by molar-refractivity contribution is -0.129. The van der Waals surface area contributed by atoms with Gasteiger partial charge in [-0.25, -0.2) is 4.98 Å². The third-order valence-electron chi connectivity index (χ3n) is 5.79. The number of anilines is 2. The van der Waals surface area contributed by atoms with Gasteiger partial charge in [-0.2, -0.15) is 0 Å². The zero-order chi connectivity index (χ0) is 22.1. The number of thiazole rings is 1. The van der Waals surface area contributed by atoms with Crippen LogP contribution in [0.15, 0.2) is 54.2 Å². The molecule has 0 unspecified atom stereocenters. The molecule has 1 saturated heterocycles. The lowest BCUT2D eigenvalue weighted by Crippen LogP contribution is -2.30.